The number of rotatable bonds is 2. The number of allylic oxidation sites excluding steroid dienone is 1. The van der Waals surface area contributed by atoms with Crippen molar-refractivity contribution in [3.8, 4) is 0 Å². The molecule has 4 aliphatic carbocycles. The smallest absolute Gasteiger partial charge is 0.161 e. The summed E-state index contributed by atoms with van der Waals surface area (Å²) >= 11 is 0. The maximum Gasteiger partial charge on any atom is 0.161 e. The highest BCUT2D eigenvalue weighted by atomic mass is 16.3. The first-order valence-corrected chi connectivity index (χ1v) is 9.71. The summed E-state index contributed by atoms with van der Waals surface area (Å²) in [5.74, 6) is 0.913. The molecule has 0 saturated heterocycles. The second kappa shape index (κ2) is 5.60. The van der Waals surface area contributed by atoms with Crippen LogP contribution in [0.4, 0.5) is 0 Å². The fourth-order valence-electron chi connectivity index (χ4n) is 7.02. The topological polar surface area (TPSA) is 71.4 Å². The normalized spacial score (nSPS) is 46.1. The minimum atomic E-state index is -0.415. The zero-order valence-electron chi connectivity index (χ0n) is 15.2. The molecule has 136 valence electrons. The lowest BCUT2D eigenvalue weighted by molar-refractivity contribution is -0.149. The number of aliphatic hydroxyl groups is 1. The van der Waals surface area contributed by atoms with Gasteiger partial charge in [-0.1, -0.05) is 19.4 Å². The molecule has 0 aliphatic heterocycles. The highest BCUT2D eigenvalue weighted by molar-refractivity contribution is 5.93. The van der Waals surface area contributed by atoms with Crippen molar-refractivity contribution in [1.29, 1.82) is 0 Å². The van der Waals surface area contributed by atoms with E-state index in [9.17, 15) is 19.5 Å². The average Bonchev–Trinajstić information content (AvgIpc) is 2.91. The van der Waals surface area contributed by atoms with Gasteiger partial charge in [-0.2, -0.15) is 0 Å². The van der Waals surface area contributed by atoms with Gasteiger partial charge < -0.3 is 5.11 Å². The van der Waals surface area contributed by atoms with Crippen LogP contribution in [0.5, 0.6) is 0 Å². The second-order valence-corrected chi connectivity index (χ2v) is 9.24. The number of fused-ring (bicyclic) bond motifs is 5. The summed E-state index contributed by atoms with van der Waals surface area (Å²) in [4.78, 5) is 37.4. The van der Waals surface area contributed by atoms with Crippen molar-refractivity contribution in [2.75, 3.05) is 6.61 Å². The van der Waals surface area contributed by atoms with E-state index in [0.29, 0.717) is 24.7 Å². The number of hydrogen-bond donors (Lipinski definition) is 1. The molecule has 0 aromatic rings. The van der Waals surface area contributed by atoms with E-state index in [2.05, 4.69) is 13.8 Å². The van der Waals surface area contributed by atoms with Crippen LogP contribution < -0.4 is 0 Å². The molecule has 4 nitrogen and oxygen atoms in total. The Kier molecular flexibility index (Phi) is 3.84. The van der Waals surface area contributed by atoms with Gasteiger partial charge in [0.25, 0.3) is 0 Å². The Morgan fingerprint density at radius 1 is 1.20 bits per heavy atom. The van der Waals surface area contributed by atoms with Gasteiger partial charge >= 0.3 is 0 Å². The van der Waals surface area contributed by atoms with Crippen molar-refractivity contribution in [3.63, 3.8) is 0 Å². The van der Waals surface area contributed by atoms with Crippen molar-refractivity contribution < 1.29 is 19.5 Å². The van der Waals surface area contributed by atoms with Crippen LogP contribution in [0.1, 0.15) is 58.8 Å². The summed E-state index contributed by atoms with van der Waals surface area (Å²) in [6, 6.07) is 0. The van der Waals surface area contributed by atoms with E-state index in [4.69, 9.17) is 0 Å². The largest absolute Gasteiger partial charge is 0.389 e. The third-order valence-electron chi connectivity index (χ3n) is 8.19. The SMILES string of the molecule is CC12CC(=O)C3C(CCC4=CC(=O)CC[C@@]43C)C1CCC2C(=O)CO. The molecule has 0 aromatic heterocycles. The van der Waals surface area contributed by atoms with Crippen molar-refractivity contribution in [3.05, 3.63) is 11.6 Å². The summed E-state index contributed by atoms with van der Waals surface area (Å²) in [5.41, 5.74) is 0.719. The average molecular weight is 344 g/mol. The van der Waals surface area contributed by atoms with E-state index >= 15 is 0 Å². The van der Waals surface area contributed by atoms with Crippen LogP contribution in [0.2, 0.25) is 0 Å². The summed E-state index contributed by atoms with van der Waals surface area (Å²) in [6.45, 7) is 3.88. The van der Waals surface area contributed by atoms with Crippen LogP contribution in [0, 0.1) is 34.5 Å². The van der Waals surface area contributed by atoms with Crippen molar-refractivity contribution in [2.24, 2.45) is 34.5 Å². The molecule has 5 unspecified atom stereocenters. The predicted molar refractivity (Wildman–Crippen MR) is 92.7 cm³/mol. The van der Waals surface area contributed by atoms with Crippen molar-refractivity contribution in [2.45, 2.75) is 58.8 Å². The third kappa shape index (κ3) is 2.26. The van der Waals surface area contributed by atoms with Gasteiger partial charge in [0.1, 0.15) is 12.4 Å². The molecule has 4 aliphatic rings. The number of hydrogen-bond acceptors (Lipinski definition) is 4. The monoisotopic (exact) mass is 344 g/mol. The first kappa shape index (κ1) is 17.1. The van der Waals surface area contributed by atoms with Gasteiger partial charge in [-0.25, -0.2) is 0 Å². The number of Topliss-reactive ketones (excluding diaryl/α,β-unsaturated/α-hetero) is 2. The lowest BCUT2D eigenvalue weighted by Gasteiger charge is -2.56. The predicted octanol–water partition coefficient (Wildman–Crippen LogP) is 2.87. The maximum absolute atomic E-state index is 13.3. The Labute approximate surface area is 149 Å². The standard InChI is InChI=1S/C21H28O4/c1-20-8-7-13(23)9-12(20)3-4-14-15-5-6-16(18(25)11-22)21(15,2)10-17(24)19(14)20/h9,14-16,19,22H,3-8,10-11H2,1-2H3/t14?,15?,16?,19?,20-,21?/m0/s1. The molecule has 3 saturated carbocycles. The molecule has 25 heavy (non-hydrogen) atoms. The lowest BCUT2D eigenvalue weighted by atomic mass is 9.46. The Bertz CT molecular complexity index is 677. The molecule has 0 aromatic carbocycles. The van der Waals surface area contributed by atoms with E-state index < -0.39 is 6.61 Å². The Hall–Kier alpha value is -1.29. The number of carbonyl (C=O) groups excluding carboxylic acids is 3. The number of aliphatic hydroxyl groups excluding tert-OH is 1. The van der Waals surface area contributed by atoms with Crippen LogP contribution in [0.3, 0.4) is 0 Å². The van der Waals surface area contributed by atoms with Crippen LogP contribution >= 0.6 is 0 Å². The molecule has 0 heterocycles. The van der Waals surface area contributed by atoms with Gasteiger partial charge in [-0.15, -0.1) is 0 Å². The molecule has 1 N–H and O–H groups in total. The molecule has 0 spiro atoms. The Morgan fingerprint density at radius 2 is 1.96 bits per heavy atom. The van der Waals surface area contributed by atoms with Crippen LogP contribution in [0.15, 0.2) is 11.6 Å². The number of ketones is 3. The van der Waals surface area contributed by atoms with Gasteiger partial charge in [0.2, 0.25) is 0 Å². The first-order chi connectivity index (χ1) is 11.8. The van der Waals surface area contributed by atoms with Crippen LogP contribution in [0.25, 0.3) is 0 Å². The molecule has 4 heteroatoms. The Morgan fingerprint density at radius 3 is 2.68 bits per heavy atom. The molecular formula is C21H28O4. The van der Waals surface area contributed by atoms with E-state index in [-0.39, 0.29) is 40.0 Å². The zero-order chi connectivity index (χ0) is 18.0. The van der Waals surface area contributed by atoms with E-state index in [1.807, 2.05) is 6.08 Å². The highest BCUT2D eigenvalue weighted by Gasteiger charge is 2.62. The number of carbonyl (C=O) groups is 3. The van der Waals surface area contributed by atoms with Gasteiger partial charge in [-0.05, 0) is 60.8 Å². The fraction of sp³-hybridized carbons (Fsp3) is 0.762. The van der Waals surface area contributed by atoms with Gasteiger partial charge in [-0.3, -0.25) is 14.4 Å². The first-order valence-electron chi connectivity index (χ1n) is 9.71. The third-order valence-corrected chi connectivity index (χ3v) is 8.19. The Balaban J connectivity index is 1.71. The summed E-state index contributed by atoms with van der Waals surface area (Å²) in [6.07, 6.45) is 7.23. The second-order valence-electron chi connectivity index (χ2n) is 9.24. The fourth-order valence-corrected chi connectivity index (χ4v) is 7.02. The van der Waals surface area contributed by atoms with E-state index in [1.165, 1.54) is 5.57 Å². The summed E-state index contributed by atoms with van der Waals surface area (Å²) in [5, 5.41) is 9.34. The molecule has 6 atom stereocenters. The zero-order valence-corrected chi connectivity index (χ0v) is 15.2. The highest BCUT2D eigenvalue weighted by Crippen LogP contribution is 2.65. The quantitative estimate of drug-likeness (QED) is 0.836. The van der Waals surface area contributed by atoms with Crippen LogP contribution in [-0.2, 0) is 14.4 Å². The summed E-state index contributed by atoms with van der Waals surface area (Å²) in [7, 11) is 0. The maximum atomic E-state index is 13.3. The van der Waals surface area contributed by atoms with Gasteiger partial charge in [0, 0.05) is 24.7 Å². The van der Waals surface area contributed by atoms with Crippen LogP contribution in [-0.4, -0.2) is 29.1 Å². The summed E-state index contributed by atoms with van der Waals surface area (Å²) < 4.78 is 0. The van der Waals surface area contributed by atoms with Crippen molar-refractivity contribution >= 4 is 17.3 Å². The molecule has 0 radical (unpaired) electrons. The molecule has 4 rings (SSSR count). The molecule has 0 bridgehead atoms. The minimum absolute atomic E-state index is 0.00153. The molecular weight excluding hydrogens is 316 g/mol. The molecule has 3 fully saturated rings. The van der Waals surface area contributed by atoms with E-state index in [1.54, 1.807) is 0 Å². The van der Waals surface area contributed by atoms with Gasteiger partial charge in [0.05, 0.1) is 0 Å². The van der Waals surface area contributed by atoms with Crippen molar-refractivity contribution in [1.82, 2.24) is 0 Å². The van der Waals surface area contributed by atoms with Gasteiger partial charge in [0.15, 0.2) is 11.6 Å². The minimum Gasteiger partial charge on any atom is -0.389 e. The van der Waals surface area contributed by atoms with E-state index in [0.717, 1.165) is 32.1 Å². The molecule has 0 amide bonds. The lowest BCUT2D eigenvalue weighted by Crippen LogP contribution is -2.55.